The highest BCUT2D eigenvalue weighted by Gasteiger charge is 2.25. The number of benzene rings is 1. The largest absolute Gasteiger partial charge is 0.395 e. The first kappa shape index (κ1) is 14.5. The Bertz CT molecular complexity index is 485. The molecule has 1 fully saturated rings. The number of nitrogens with one attached hydrogen (secondary N) is 2. The third-order valence-corrected chi connectivity index (χ3v) is 3.17. The first-order valence-corrected chi connectivity index (χ1v) is 6.45. The standard InChI is InChI=1S/C13H17F2N3O2/c14-9-1-2-12(11(15)7-9)18-5-3-10(8-18)17-13(20)16-4-6-19/h1-2,7,10,19H,3-6,8H2,(H2,16,17,20). The molecule has 1 unspecified atom stereocenters. The van der Waals surface area contributed by atoms with Gasteiger partial charge in [0.15, 0.2) is 0 Å². The highest BCUT2D eigenvalue weighted by molar-refractivity contribution is 5.74. The molecule has 2 rings (SSSR count). The maximum Gasteiger partial charge on any atom is 0.315 e. The first-order chi connectivity index (χ1) is 9.60. The number of nitrogens with zero attached hydrogens (tertiary/aromatic N) is 1. The van der Waals surface area contributed by atoms with E-state index >= 15 is 0 Å². The quantitative estimate of drug-likeness (QED) is 0.768. The van der Waals surface area contributed by atoms with Crippen molar-refractivity contribution in [2.75, 3.05) is 31.1 Å². The van der Waals surface area contributed by atoms with Gasteiger partial charge in [0.1, 0.15) is 11.6 Å². The highest BCUT2D eigenvalue weighted by atomic mass is 19.1. The molecule has 1 aliphatic heterocycles. The Kier molecular flexibility index (Phi) is 4.73. The van der Waals surface area contributed by atoms with Gasteiger partial charge < -0.3 is 20.6 Å². The summed E-state index contributed by atoms with van der Waals surface area (Å²) in [7, 11) is 0. The molecule has 0 aliphatic carbocycles. The molecule has 0 saturated carbocycles. The highest BCUT2D eigenvalue weighted by Crippen LogP contribution is 2.24. The van der Waals surface area contributed by atoms with E-state index in [1.54, 1.807) is 4.90 Å². The van der Waals surface area contributed by atoms with Crippen LogP contribution in [0, 0.1) is 11.6 Å². The second kappa shape index (κ2) is 6.51. The van der Waals surface area contributed by atoms with Gasteiger partial charge >= 0.3 is 6.03 Å². The van der Waals surface area contributed by atoms with E-state index in [0.29, 0.717) is 25.2 Å². The third-order valence-electron chi connectivity index (χ3n) is 3.17. The first-order valence-electron chi connectivity index (χ1n) is 6.45. The zero-order chi connectivity index (χ0) is 14.5. The predicted octanol–water partition coefficient (Wildman–Crippen LogP) is 0.835. The molecule has 1 saturated heterocycles. The van der Waals surface area contributed by atoms with E-state index in [4.69, 9.17) is 5.11 Å². The number of hydrogen-bond acceptors (Lipinski definition) is 3. The molecule has 20 heavy (non-hydrogen) atoms. The fraction of sp³-hybridized carbons (Fsp3) is 0.462. The van der Waals surface area contributed by atoms with E-state index in [1.165, 1.54) is 12.1 Å². The molecule has 7 heteroatoms. The van der Waals surface area contributed by atoms with Gasteiger partial charge in [0.05, 0.1) is 12.3 Å². The molecule has 3 N–H and O–H groups in total. The van der Waals surface area contributed by atoms with Crippen molar-refractivity contribution in [2.45, 2.75) is 12.5 Å². The molecule has 0 aromatic heterocycles. The molecule has 2 amide bonds. The zero-order valence-electron chi connectivity index (χ0n) is 10.9. The van der Waals surface area contributed by atoms with Crippen molar-refractivity contribution in [1.29, 1.82) is 0 Å². The monoisotopic (exact) mass is 285 g/mol. The fourth-order valence-electron chi connectivity index (χ4n) is 2.24. The topological polar surface area (TPSA) is 64.6 Å². The minimum Gasteiger partial charge on any atom is -0.395 e. The average Bonchev–Trinajstić information content (AvgIpc) is 2.84. The number of hydrogen-bond donors (Lipinski definition) is 3. The molecule has 1 heterocycles. The molecule has 1 aromatic carbocycles. The van der Waals surface area contributed by atoms with Crippen LogP contribution in [0.25, 0.3) is 0 Å². The van der Waals surface area contributed by atoms with Crippen LogP contribution in [0.1, 0.15) is 6.42 Å². The molecular weight excluding hydrogens is 268 g/mol. The Balaban J connectivity index is 1.90. The van der Waals surface area contributed by atoms with Crippen LogP contribution in [0.3, 0.4) is 0 Å². The maximum atomic E-state index is 13.6. The second-order valence-electron chi connectivity index (χ2n) is 4.65. The summed E-state index contributed by atoms with van der Waals surface area (Å²) >= 11 is 0. The van der Waals surface area contributed by atoms with Crippen molar-refractivity contribution in [1.82, 2.24) is 10.6 Å². The van der Waals surface area contributed by atoms with E-state index in [-0.39, 0.29) is 25.2 Å². The van der Waals surface area contributed by atoms with Gasteiger partial charge in [-0.2, -0.15) is 0 Å². The SMILES string of the molecule is O=C(NCCO)NC1CCN(c2ccc(F)cc2F)C1. The van der Waals surface area contributed by atoms with Crippen LogP contribution in [0.2, 0.25) is 0 Å². The summed E-state index contributed by atoms with van der Waals surface area (Å²) in [6.07, 6.45) is 0.684. The summed E-state index contributed by atoms with van der Waals surface area (Å²) in [6, 6.07) is 3.01. The predicted molar refractivity (Wildman–Crippen MR) is 70.6 cm³/mol. The summed E-state index contributed by atoms with van der Waals surface area (Å²) in [6.45, 7) is 1.13. The van der Waals surface area contributed by atoms with Crippen molar-refractivity contribution in [2.24, 2.45) is 0 Å². The van der Waals surface area contributed by atoms with Gasteiger partial charge in [0, 0.05) is 31.7 Å². The van der Waals surface area contributed by atoms with Crippen LogP contribution in [-0.2, 0) is 0 Å². The number of carbonyl (C=O) groups excluding carboxylic acids is 1. The number of rotatable bonds is 4. The van der Waals surface area contributed by atoms with Crippen LogP contribution in [-0.4, -0.2) is 43.4 Å². The van der Waals surface area contributed by atoms with Crippen LogP contribution >= 0.6 is 0 Å². The van der Waals surface area contributed by atoms with Gasteiger partial charge in [-0.25, -0.2) is 13.6 Å². The van der Waals surface area contributed by atoms with Gasteiger partial charge in [-0.05, 0) is 18.6 Å². The van der Waals surface area contributed by atoms with Crippen molar-refractivity contribution in [3.8, 4) is 0 Å². The van der Waals surface area contributed by atoms with Crippen molar-refractivity contribution < 1.29 is 18.7 Å². The number of aliphatic hydroxyl groups excluding tert-OH is 1. The van der Waals surface area contributed by atoms with Crippen LogP contribution in [0.4, 0.5) is 19.3 Å². The number of carbonyl (C=O) groups is 1. The average molecular weight is 285 g/mol. The van der Waals surface area contributed by atoms with Gasteiger partial charge in [0.25, 0.3) is 0 Å². The van der Waals surface area contributed by atoms with Crippen LogP contribution in [0.5, 0.6) is 0 Å². The second-order valence-corrected chi connectivity index (χ2v) is 4.65. The van der Waals surface area contributed by atoms with E-state index in [9.17, 15) is 13.6 Å². The summed E-state index contributed by atoms with van der Waals surface area (Å²) in [5.74, 6) is -1.21. The number of halogens is 2. The maximum absolute atomic E-state index is 13.6. The molecule has 110 valence electrons. The smallest absolute Gasteiger partial charge is 0.315 e. The van der Waals surface area contributed by atoms with E-state index in [0.717, 1.165) is 6.07 Å². The third kappa shape index (κ3) is 3.57. The molecule has 5 nitrogen and oxygen atoms in total. The van der Waals surface area contributed by atoms with E-state index in [2.05, 4.69) is 10.6 Å². The lowest BCUT2D eigenvalue weighted by atomic mass is 10.2. The van der Waals surface area contributed by atoms with E-state index in [1.807, 2.05) is 0 Å². The van der Waals surface area contributed by atoms with Gasteiger partial charge in [0.2, 0.25) is 0 Å². The Morgan fingerprint density at radius 3 is 2.95 bits per heavy atom. The Hall–Kier alpha value is -1.89. The Morgan fingerprint density at radius 1 is 1.45 bits per heavy atom. The molecule has 1 aliphatic rings. The fourth-order valence-corrected chi connectivity index (χ4v) is 2.24. The van der Waals surface area contributed by atoms with Gasteiger partial charge in [-0.1, -0.05) is 0 Å². The summed E-state index contributed by atoms with van der Waals surface area (Å²) < 4.78 is 26.5. The normalized spacial score (nSPS) is 18.1. The van der Waals surface area contributed by atoms with Gasteiger partial charge in [-0.15, -0.1) is 0 Å². The van der Waals surface area contributed by atoms with Crippen LogP contribution < -0.4 is 15.5 Å². The molecule has 0 spiro atoms. The molecule has 0 bridgehead atoms. The van der Waals surface area contributed by atoms with E-state index < -0.39 is 11.6 Å². The molecule has 0 radical (unpaired) electrons. The summed E-state index contributed by atoms with van der Waals surface area (Å²) in [4.78, 5) is 13.2. The lowest BCUT2D eigenvalue weighted by molar-refractivity contribution is 0.231. The Morgan fingerprint density at radius 2 is 2.25 bits per heavy atom. The lowest BCUT2D eigenvalue weighted by Crippen LogP contribution is -2.44. The lowest BCUT2D eigenvalue weighted by Gasteiger charge is -2.19. The van der Waals surface area contributed by atoms with Crippen molar-refractivity contribution >= 4 is 11.7 Å². The summed E-state index contributed by atoms with van der Waals surface area (Å²) in [5.41, 5.74) is 0.339. The summed E-state index contributed by atoms with van der Waals surface area (Å²) in [5, 5.41) is 13.8. The molecule has 1 atom stereocenters. The minimum absolute atomic E-state index is 0.0989. The number of urea groups is 1. The molecule has 1 aromatic rings. The van der Waals surface area contributed by atoms with Gasteiger partial charge in [-0.3, -0.25) is 0 Å². The van der Waals surface area contributed by atoms with Crippen molar-refractivity contribution in [3.63, 3.8) is 0 Å². The zero-order valence-corrected chi connectivity index (χ0v) is 10.9. The minimum atomic E-state index is -0.608. The number of aliphatic hydroxyl groups is 1. The van der Waals surface area contributed by atoms with Crippen LogP contribution in [0.15, 0.2) is 18.2 Å². The number of anilines is 1. The Labute approximate surface area is 115 Å². The number of amides is 2. The van der Waals surface area contributed by atoms with Crippen molar-refractivity contribution in [3.05, 3.63) is 29.8 Å². The molecular formula is C13H17F2N3O2.